The molecule has 0 aliphatic carbocycles. The number of hydrogen-bond acceptors (Lipinski definition) is 15. The summed E-state index contributed by atoms with van der Waals surface area (Å²) in [5, 5.41) is 49.5. The standard InChI is InChI=1S/C28H43NO6S.C28H43NO5S/c1-8-23-29-19(15-36-23)12-17(3)20-13-22-28(7,35-22)11-9-10-16(2)25(32)18(4)26(33)27(5,6)21(30)14-24(31)34-20;1-8-24-29-21(16-35-24)14-19(4)22-13-12-17(2)10-9-11-18(3)26(32)20(5)27(33)28(6,7)23(30)15-25(31)34-22/h12,15-16,18,20-22,25,30,32H,8-11,13-14H2,1-7H3;12,14,16,18,20,22-23,26,30,32H,8-11,13,15H2,1-7H3/b17-12+;17-12-,19-14+/t16?,18?,20?,21-,22-,25-,28+;18?,20-,22?,23+,26+/m01/s1. The number of cyclic esters (lactones) is 2. The number of epoxide rings is 1. The van der Waals surface area contributed by atoms with E-state index in [1.807, 2.05) is 50.6 Å². The van der Waals surface area contributed by atoms with Crippen LogP contribution < -0.4 is 0 Å². The molecule has 15 heteroatoms. The van der Waals surface area contributed by atoms with E-state index in [1.54, 1.807) is 64.2 Å². The highest BCUT2D eigenvalue weighted by Gasteiger charge is 2.53. The Morgan fingerprint density at radius 3 is 1.59 bits per heavy atom. The van der Waals surface area contributed by atoms with Crippen LogP contribution in [0.3, 0.4) is 0 Å². The van der Waals surface area contributed by atoms with Gasteiger partial charge in [-0.15, -0.1) is 22.7 Å². The maximum absolute atomic E-state index is 13.2. The molecule has 3 aliphatic rings. The molecule has 5 unspecified atom stereocenters. The number of carbonyl (C=O) groups is 4. The molecule has 5 rings (SSSR count). The van der Waals surface area contributed by atoms with Gasteiger partial charge in [-0.2, -0.15) is 0 Å². The van der Waals surface area contributed by atoms with Crippen LogP contribution in [-0.4, -0.2) is 102 Å². The summed E-state index contributed by atoms with van der Waals surface area (Å²) in [6.07, 6.45) is 8.11. The molecule has 0 spiro atoms. The van der Waals surface area contributed by atoms with Crippen LogP contribution in [0.15, 0.2) is 33.6 Å². The van der Waals surface area contributed by atoms with Crippen molar-refractivity contribution in [2.75, 3.05) is 0 Å². The molecule has 3 aliphatic heterocycles. The minimum atomic E-state index is -1.23. The van der Waals surface area contributed by atoms with Gasteiger partial charge in [-0.1, -0.05) is 87.3 Å². The van der Waals surface area contributed by atoms with Crippen molar-refractivity contribution in [3.8, 4) is 0 Å². The number of aromatic nitrogens is 2. The van der Waals surface area contributed by atoms with Gasteiger partial charge in [-0.25, -0.2) is 9.97 Å². The molecule has 0 saturated carbocycles. The molecule has 398 valence electrons. The van der Waals surface area contributed by atoms with Gasteiger partial charge in [0.25, 0.3) is 0 Å². The second-order valence-corrected chi connectivity index (χ2v) is 24.0. The highest BCUT2D eigenvalue weighted by Crippen LogP contribution is 2.45. The van der Waals surface area contributed by atoms with Gasteiger partial charge in [0, 0.05) is 35.4 Å². The summed E-state index contributed by atoms with van der Waals surface area (Å²) in [6.45, 7) is 26.0. The second kappa shape index (κ2) is 26.2. The lowest BCUT2D eigenvalue weighted by Crippen LogP contribution is -2.45. The zero-order valence-corrected chi connectivity index (χ0v) is 46.7. The van der Waals surface area contributed by atoms with Crippen molar-refractivity contribution in [3.63, 3.8) is 0 Å². The van der Waals surface area contributed by atoms with E-state index in [1.165, 1.54) is 5.57 Å². The number of rotatable bonds is 6. The molecule has 0 radical (unpaired) electrons. The smallest absolute Gasteiger partial charge is 0.309 e. The number of thiazole rings is 2. The van der Waals surface area contributed by atoms with E-state index in [4.69, 9.17) is 14.2 Å². The zero-order valence-electron chi connectivity index (χ0n) is 45.1. The number of esters is 2. The predicted octanol–water partition coefficient (Wildman–Crippen LogP) is 10.3. The normalized spacial score (nSPS) is 34.2. The van der Waals surface area contributed by atoms with E-state index in [0.717, 1.165) is 83.9 Å². The van der Waals surface area contributed by atoms with Gasteiger partial charge in [0.05, 0.1) is 81.2 Å². The molecular weight excluding hydrogens is 941 g/mol. The van der Waals surface area contributed by atoms with Crippen LogP contribution in [0.1, 0.15) is 183 Å². The van der Waals surface area contributed by atoms with Gasteiger partial charge in [0.1, 0.15) is 23.8 Å². The minimum Gasteiger partial charge on any atom is -0.458 e. The summed E-state index contributed by atoms with van der Waals surface area (Å²) in [4.78, 5) is 61.5. The van der Waals surface area contributed by atoms with Crippen LogP contribution in [0, 0.1) is 34.5 Å². The third-order valence-electron chi connectivity index (χ3n) is 15.4. The van der Waals surface area contributed by atoms with E-state index >= 15 is 0 Å². The molecule has 4 N–H and O–H groups in total. The summed E-state index contributed by atoms with van der Waals surface area (Å²) < 4.78 is 17.8. The number of nitrogens with zero attached hydrogens (tertiary/aromatic N) is 2. The molecule has 12 atom stereocenters. The Labute approximate surface area is 432 Å². The molecule has 13 nitrogen and oxygen atoms in total. The lowest BCUT2D eigenvalue weighted by Gasteiger charge is -2.34. The molecule has 2 saturated heterocycles. The average molecular weight is 1030 g/mol. The van der Waals surface area contributed by atoms with E-state index in [2.05, 4.69) is 43.7 Å². The number of aliphatic hydroxyl groups is 4. The first-order chi connectivity index (χ1) is 33.1. The first-order valence-corrected chi connectivity index (χ1v) is 27.7. The number of fused-ring (bicyclic) bond motifs is 1. The van der Waals surface area contributed by atoms with Crippen molar-refractivity contribution in [2.45, 2.75) is 222 Å². The molecule has 0 amide bonds. The summed E-state index contributed by atoms with van der Waals surface area (Å²) >= 11 is 3.21. The van der Waals surface area contributed by atoms with Gasteiger partial charge in [0.2, 0.25) is 0 Å². The van der Waals surface area contributed by atoms with Crippen molar-refractivity contribution in [3.05, 3.63) is 55.0 Å². The number of aliphatic hydroxyl groups excluding tert-OH is 4. The van der Waals surface area contributed by atoms with Crippen molar-refractivity contribution in [1.82, 2.24) is 9.97 Å². The number of allylic oxidation sites excluding steroid dienone is 1. The predicted molar refractivity (Wildman–Crippen MR) is 282 cm³/mol. The van der Waals surface area contributed by atoms with Crippen molar-refractivity contribution in [1.29, 1.82) is 0 Å². The van der Waals surface area contributed by atoms with Crippen LogP contribution in [0.5, 0.6) is 0 Å². The summed E-state index contributed by atoms with van der Waals surface area (Å²) in [5.41, 5.74) is 1.94. The number of Topliss-reactive ketones (excluding diaryl/α,β-unsaturated/α-hetero) is 2. The Kier molecular flexibility index (Phi) is 22.2. The van der Waals surface area contributed by atoms with Crippen molar-refractivity contribution >= 4 is 58.3 Å². The van der Waals surface area contributed by atoms with Gasteiger partial charge in [-0.05, 0) is 108 Å². The van der Waals surface area contributed by atoms with Crippen LogP contribution >= 0.6 is 22.7 Å². The molecule has 2 aromatic heterocycles. The fraction of sp³-hybridized carbons (Fsp3) is 0.714. The van der Waals surface area contributed by atoms with Crippen molar-refractivity contribution in [2.24, 2.45) is 34.5 Å². The Morgan fingerprint density at radius 1 is 0.704 bits per heavy atom. The Bertz CT molecular complexity index is 2210. The third-order valence-corrected chi connectivity index (χ3v) is 17.5. The third kappa shape index (κ3) is 16.5. The molecule has 0 bridgehead atoms. The van der Waals surface area contributed by atoms with Crippen LogP contribution in [0.4, 0.5) is 0 Å². The maximum atomic E-state index is 13.2. The zero-order chi connectivity index (χ0) is 53.2. The van der Waals surface area contributed by atoms with E-state index in [9.17, 15) is 39.6 Å². The van der Waals surface area contributed by atoms with E-state index in [-0.39, 0.29) is 47.9 Å². The van der Waals surface area contributed by atoms with E-state index in [0.29, 0.717) is 12.8 Å². The Morgan fingerprint density at radius 2 is 1.14 bits per heavy atom. The van der Waals surface area contributed by atoms with Crippen LogP contribution in [0.25, 0.3) is 12.2 Å². The molecule has 5 heterocycles. The summed E-state index contributed by atoms with van der Waals surface area (Å²) in [5.74, 6) is -3.03. The number of ketones is 2. The Balaban J connectivity index is 0.000000309. The van der Waals surface area contributed by atoms with E-state index < -0.39 is 71.2 Å². The quantitative estimate of drug-likeness (QED) is 0.121. The molecule has 0 aromatic carbocycles. The molecule has 2 aromatic rings. The number of aryl methyl sites for hydroxylation is 2. The topological polar surface area (TPSA) is 206 Å². The fourth-order valence-corrected chi connectivity index (χ4v) is 11.1. The SMILES string of the molecule is CCc1nc(/C=C(\C)C2C/C=C(/C)CCCC(C)[C@H](O)[C@@H](C)C(=O)C(C)(C)[C@@H](O)CC(=O)O2)cs1.CCc1nc(/C=C(\C)C2C[C@@H]3O[C@]3(C)CCCC(C)[C@H](O)C(C)C(=O)C(C)(C)[C@@H](O)CC(=O)O2)cs1. The highest BCUT2D eigenvalue weighted by molar-refractivity contribution is 7.10. The first kappa shape index (κ1) is 60.1. The summed E-state index contributed by atoms with van der Waals surface area (Å²) in [6, 6.07) is 0. The van der Waals surface area contributed by atoms with Gasteiger partial charge >= 0.3 is 11.9 Å². The Hall–Kier alpha value is -3.44. The maximum Gasteiger partial charge on any atom is 0.309 e. The number of ether oxygens (including phenoxy) is 3. The van der Waals surface area contributed by atoms with Crippen LogP contribution in [-0.2, 0) is 46.2 Å². The van der Waals surface area contributed by atoms with Gasteiger partial charge in [-0.3, -0.25) is 19.2 Å². The summed E-state index contributed by atoms with van der Waals surface area (Å²) in [7, 11) is 0. The average Bonchev–Trinajstić information content (AvgIpc) is 3.60. The largest absolute Gasteiger partial charge is 0.458 e. The fourth-order valence-electron chi connectivity index (χ4n) is 9.68. The number of hydrogen-bond donors (Lipinski definition) is 4. The van der Waals surface area contributed by atoms with Gasteiger partial charge in [0.15, 0.2) is 0 Å². The second-order valence-electron chi connectivity index (χ2n) is 22.1. The van der Waals surface area contributed by atoms with Crippen molar-refractivity contribution < 1.29 is 53.8 Å². The molecule has 71 heavy (non-hydrogen) atoms. The number of carbonyl (C=O) groups excluding carboxylic acids is 4. The van der Waals surface area contributed by atoms with Crippen LogP contribution in [0.2, 0.25) is 0 Å². The molecular formula is C56H86N2O11S2. The minimum absolute atomic E-state index is 0.0448. The lowest BCUT2D eigenvalue weighted by molar-refractivity contribution is -0.156. The van der Waals surface area contributed by atoms with Gasteiger partial charge < -0.3 is 34.6 Å². The monoisotopic (exact) mass is 1030 g/mol. The molecule has 2 fully saturated rings. The highest BCUT2D eigenvalue weighted by atomic mass is 32.1. The lowest BCUT2D eigenvalue weighted by atomic mass is 9.73. The first-order valence-electron chi connectivity index (χ1n) is 25.9.